The fourth-order valence-electron chi connectivity index (χ4n) is 2.73. The van der Waals surface area contributed by atoms with Crippen LogP contribution >= 0.6 is 0 Å². The molecule has 2 rings (SSSR count). The molecule has 0 bridgehead atoms. The first kappa shape index (κ1) is 21.6. The van der Waals surface area contributed by atoms with Crippen LogP contribution in [0.15, 0.2) is 42.5 Å². The molecule has 0 unspecified atom stereocenters. The number of methoxy groups -OCH3 is 3. The highest BCUT2D eigenvalue weighted by atomic mass is 19.4. The smallest absolute Gasteiger partial charge is 0.416 e. The number of nitrogens with zero attached hydrogens (tertiary/aromatic N) is 1. The van der Waals surface area contributed by atoms with Crippen molar-refractivity contribution in [3.05, 3.63) is 59.2 Å². The van der Waals surface area contributed by atoms with E-state index < -0.39 is 17.7 Å². The van der Waals surface area contributed by atoms with Gasteiger partial charge in [0.25, 0.3) is 0 Å². The molecule has 5 nitrogen and oxygen atoms in total. The lowest BCUT2D eigenvalue weighted by Gasteiger charge is -2.22. The minimum Gasteiger partial charge on any atom is -0.497 e. The first-order chi connectivity index (χ1) is 13.2. The lowest BCUT2D eigenvalue weighted by molar-refractivity contribution is -0.142. The van der Waals surface area contributed by atoms with Gasteiger partial charge < -0.3 is 14.2 Å². The first-order valence-electron chi connectivity index (χ1n) is 8.42. The molecule has 2 aromatic rings. The largest absolute Gasteiger partial charge is 0.497 e. The maximum Gasteiger partial charge on any atom is 0.416 e. The van der Waals surface area contributed by atoms with Gasteiger partial charge in [-0.1, -0.05) is 18.2 Å². The van der Waals surface area contributed by atoms with Crippen molar-refractivity contribution in [2.24, 2.45) is 0 Å². The molecule has 0 aliphatic rings. The second kappa shape index (κ2) is 9.45. The molecule has 0 saturated carbocycles. The van der Waals surface area contributed by atoms with Gasteiger partial charge in [0, 0.05) is 19.2 Å². The van der Waals surface area contributed by atoms with Gasteiger partial charge in [-0.3, -0.25) is 9.69 Å². The summed E-state index contributed by atoms with van der Waals surface area (Å²) in [5.41, 5.74) is 0.492. The van der Waals surface area contributed by atoms with Crippen molar-refractivity contribution in [3.8, 4) is 11.5 Å². The van der Waals surface area contributed by atoms with Crippen LogP contribution in [0, 0.1) is 0 Å². The van der Waals surface area contributed by atoms with E-state index in [0.717, 1.165) is 17.7 Å². The molecule has 0 N–H and O–H groups in total. The van der Waals surface area contributed by atoms with Crippen molar-refractivity contribution in [1.82, 2.24) is 4.90 Å². The zero-order valence-corrected chi connectivity index (χ0v) is 15.9. The number of hydrogen-bond donors (Lipinski definition) is 0. The van der Waals surface area contributed by atoms with Crippen molar-refractivity contribution in [3.63, 3.8) is 0 Å². The van der Waals surface area contributed by atoms with Crippen LogP contribution in [0.2, 0.25) is 0 Å². The number of ether oxygens (including phenoxy) is 3. The van der Waals surface area contributed by atoms with E-state index in [2.05, 4.69) is 0 Å². The van der Waals surface area contributed by atoms with Gasteiger partial charge in [0.2, 0.25) is 0 Å². The average molecular weight is 397 g/mol. The Balaban J connectivity index is 2.27. The highest BCUT2D eigenvalue weighted by Gasteiger charge is 2.30. The summed E-state index contributed by atoms with van der Waals surface area (Å²) in [6, 6.07) is 10.3. The van der Waals surface area contributed by atoms with E-state index in [1.807, 2.05) is 0 Å². The Kier molecular flexibility index (Phi) is 7.28. The number of halogens is 3. The van der Waals surface area contributed by atoms with Crippen LogP contribution in [0.1, 0.15) is 16.7 Å². The van der Waals surface area contributed by atoms with E-state index in [-0.39, 0.29) is 13.1 Å². The van der Waals surface area contributed by atoms with Crippen LogP contribution in [-0.4, -0.2) is 38.7 Å². The molecular weight excluding hydrogens is 375 g/mol. The normalized spacial score (nSPS) is 11.4. The van der Waals surface area contributed by atoms with Crippen molar-refractivity contribution >= 4 is 5.97 Å². The van der Waals surface area contributed by atoms with Gasteiger partial charge in [0.15, 0.2) is 0 Å². The number of rotatable bonds is 8. The maximum absolute atomic E-state index is 13.0. The minimum atomic E-state index is -4.43. The maximum atomic E-state index is 13.0. The predicted molar refractivity (Wildman–Crippen MR) is 97.1 cm³/mol. The third-order valence-corrected chi connectivity index (χ3v) is 4.06. The van der Waals surface area contributed by atoms with E-state index in [1.165, 1.54) is 27.4 Å². The van der Waals surface area contributed by atoms with Crippen LogP contribution in [0.5, 0.6) is 11.5 Å². The molecule has 2 aromatic carbocycles. The Bertz CT molecular complexity index is 786. The van der Waals surface area contributed by atoms with Gasteiger partial charge in [-0.05, 0) is 29.3 Å². The van der Waals surface area contributed by atoms with Crippen LogP contribution < -0.4 is 9.47 Å². The zero-order chi connectivity index (χ0) is 20.7. The summed E-state index contributed by atoms with van der Waals surface area (Å²) in [6.07, 6.45) is -4.43. The third-order valence-electron chi connectivity index (χ3n) is 4.06. The van der Waals surface area contributed by atoms with E-state index >= 15 is 0 Å². The van der Waals surface area contributed by atoms with Crippen molar-refractivity contribution in [2.75, 3.05) is 27.9 Å². The Morgan fingerprint density at radius 3 is 2.07 bits per heavy atom. The molecule has 0 amide bonds. The summed E-state index contributed by atoms with van der Waals surface area (Å²) >= 11 is 0. The summed E-state index contributed by atoms with van der Waals surface area (Å²) < 4.78 is 54.1. The summed E-state index contributed by atoms with van der Waals surface area (Å²) in [5, 5.41) is 0. The van der Waals surface area contributed by atoms with Crippen LogP contribution in [0.25, 0.3) is 0 Å². The molecule has 28 heavy (non-hydrogen) atoms. The second-order valence-electron chi connectivity index (χ2n) is 6.14. The van der Waals surface area contributed by atoms with Crippen LogP contribution in [0.4, 0.5) is 13.2 Å². The highest BCUT2D eigenvalue weighted by Crippen LogP contribution is 2.30. The Labute approximate surface area is 161 Å². The van der Waals surface area contributed by atoms with Gasteiger partial charge in [0.05, 0.1) is 33.4 Å². The Morgan fingerprint density at radius 2 is 1.54 bits per heavy atom. The predicted octanol–water partition coefficient (Wildman–Crippen LogP) is 3.90. The molecule has 0 spiro atoms. The lowest BCUT2D eigenvalue weighted by atomic mass is 10.1. The van der Waals surface area contributed by atoms with Gasteiger partial charge >= 0.3 is 12.1 Å². The first-order valence-corrected chi connectivity index (χ1v) is 8.42. The molecule has 0 saturated heterocycles. The van der Waals surface area contributed by atoms with Gasteiger partial charge in [-0.2, -0.15) is 13.2 Å². The molecule has 0 aromatic heterocycles. The Hall–Kier alpha value is -2.74. The number of alkyl halides is 3. The SMILES string of the molecule is COC(=O)CN(Cc1cc(OC)cc(OC)c1)Cc1cccc(C(F)(F)F)c1. The fraction of sp³-hybridized carbons (Fsp3) is 0.350. The zero-order valence-electron chi connectivity index (χ0n) is 15.9. The minimum absolute atomic E-state index is 0.0771. The standard InChI is InChI=1S/C20H22F3NO4/c1-26-17-8-15(9-18(10-17)27-2)12-24(13-19(25)28-3)11-14-5-4-6-16(7-14)20(21,22)23/h4-10H,11-13H2,1-3H3. The highest BCUT2D eigenvalue weighted by molar-refractivity contribution is 5.71. The quantitative estimate of drug-likeness (QED) is 0.633. The molecule has 0 aliphatic carbocycles. The summed E-state index contributed by atoms with van der Waals surface area (Å²) in [7, 11) is 4.31. The molecule has 0 aliphatic heterocycles. The number of carbonyl (C=O) groups excluding carboxylic acids is 1. The monoisotopic (exact) mass is 397 g/mol. The molecule has 8 heteroatoms. The topological polar surface area (TPSA) is 48.0 Å². The molecule has 0 heterocycles. The molecule has 0 radical (unpaired) electrons. The van der Waals surface area contributed by atoms with Gasteiger partial charge in [0.1, 0.15) is 11.5 Å². The van der Waals surface area contributed by atoms with Crippen LogP contribution in [-0.2, 0) is 28.8 Å². The molecular formula is C20H22F3NO4. The molecule has 0 fully saturated rings. The van der Waals surface area contributed by atoms with E-state index in [9.17, 15) is 18.0 Å². The van der Waals surface area contributed by atoms with Gasteiger partial charge in [-0.15, -0.1) is 0 Å². The lowest BCUT2D eigenvalue weighted by Crippen LogP contribution is -2.30. The summed E-state index contributed by atoms with van der Waals surface area (Å²) in [6.45, 7) is 0.351. The summed E-state index contributed by atoms with van der Waals surface area (Å²) in [5.74, 6) is 0.666. The van der Waals surface area contributed by atoms with E-state index in [1.54, 1.807) is 29.2 Å². The van der Waals surface area contributed by atoms with Crippen molar-refractivity contribution < 1.29 is 32.2 Å². The van der Waals surface area contributed by atoms with Crippen LogP contribution in [0.3, 0.4) is 0 Å². The van der Waals surface area contributed by atoms with Crippen molar-refractivity contribution in [2.45, 2.75) is 19.3 Å². The Morgan fingerprint density at radius 1 is 0.929 bits per heavy atom. The molecule has 152 valence electrons. The number of esters is 1. The average Bonchev–Trinajstić information content (AvgIpc) is 2.66. The fourth-order valence-corrected chi connectivity index (χ4v) is 2.73. The second-order valence-corrected chi connectivity index (χ2v) is 6.14. The number of carbonyl (C=O) groups is 1. The number of benzene rings is 2. The molecule has 0 atom stereocenters. The third kappa shape index (κ3) is 6.16. The van der Waals surface area contributed by atoms with Gasteiger partial charge in [-0.25, -0.2) is 0 Å². The summed E-state index contributed by atoms with van der Waals surface area (Å²) in [4.78, 5) is 13.5. The van der Waals surface area contributed by atoms with E-state index in [4.69, 9.17) is 14.2 Å². The van der Waals surface area contributed by atoms with Crippen molar-refractivity contribution in [1.29, 1.82) is 0 Å². The number of hydrogen-bond acceptors (Lipinski definition) is 5. The van der Waals surface area contributed by atoms with E-state index in [0.29, 0.717) is 23.6 Å².